The van der Waals surface area contributed by atoms with E-state index in [4.69, 9.17) is 0 Å². The Balaban J connectivity index is 2.52. The van der Waals surface area contributed by atoms with E-state index < -0.39 is 9.49 Å². The van der Waals surface area contributed by atoms with Gasteiger partial charge >= 0.3 is 0 Å². The van der Waals surface area contributed by atoms with Gasteiger partial charge in [0.15, 0.2) is 11.6 Å². The number of hydrogen-bond donors (Lipinski definition) is 0. The largest absolute Gasteiger partial charge is 0.302 e. The Hall–Kier alpha value is -1.04. The second-order valence-corrected chi connectivity index (χ2v) is 20.1. The van der Waals surface area contributed by atoms with Crippen molar-refractivity contribution in [2.24, 2.45) is 21.7 Å². The lowest BCUT2D eigenvalue weighted by Gasteiger charge is -2.46. The highest BCUT2D eigenvalue weighted by atomic mass is 32.2. The van der Waals surface area contributed by atoms with Crippen LogP contribution in [0.5, 0.6) is 0 Å². The molecule has 1 fully saturated rings. The van der Waals surface area contributed by atoms with Crippen molar-refractivity contribution in [2.75, 3.05) is 19.6 Å². The minimum absolute atomic E-state index is 0.162. The SMILES string of the molecule is CCN(CC)CC1(C)SC2(C=C(C(C)(C)C)C(=O)C(C(C)(C)C)=C2)C2(C=C(C(C)(C)C)C(=O)C(C(C)(C)C)=C2)S1. The summed E-state index contributed by atoms with van der Waals surface area (Å²) < 4.78 is -1.20. The number of hydrogen-bond acceptors (Lipinski definition) is 5. The Labute approximate surface area is 254 Å². The molecule has 40 heavy (non-hydrogen) atoms. The normalized spacial score (nSPS) is 23.0. The van der Waals surface area contributed by atoms with Crippen LogP contribution in [0, 0.1) is 21.7 Å². The first kappa shape index (κ1) is 33.5. The molecule has 3 nitrogen and oxygen atoms in total. The maximum Gasteiger partial charge on any atom is 0.185 e. The third-order valence-electron chi connectivity index (χ3n) is 8.43. The summed E-state index contributed by atoms with van der Waals surface area (Å²) in [6.07, 6.45) is 9.22. The Morgan fingerprint density at radius 1 is 0.575 bits per heavy atom. The van der Waals surface area contributed by atoms with Crippen molar-refractivity contribution in [2.45, 2.75) is 117 Å². The van der Waals surface area contributed by atoms with Gasteiger partial charge in [0.1, 0.15) is 0 Å². The van der Waals surface area contributed by atoms with Crippen molar-refractivity contribution < 1.29 is 9.59 Å². The van der Waals surface area contributed by atoms with Crippen molar-refractivity contribution in [3.63, 3.8) is 0 Å². The number of Topliss-reactive ketones (excluding diaryl/α,β-unsaturated/α-hetero) is 2. The third-order valence-corrected chi connectivity index (χ3v) is 12.0. The van der Waals surface area contributed by atoms with Crippen LogP contribution < -0.4 is 0 Å². The van der Waals surface area contributed by atoms with E-state index in [1.807, 2.05) is 23.5 Å². The molecule has 0 saturated carbocycles. The van der Waals surface area contributed by atoms with Crippen LogP contribution in [0.3, 0.4) is 0 Å². The van der Waals surface area contributed by atoms with E-state index in [-0.39, 0.29) is 37.3 Å². The fourth-order valence-corrected chi connectivity index (χ4v) is 10.5. The molecule has 0 aromatic heterocycles. The molecule has 2 aliphatic carbocycles. The number of carbonyl (C=O) groups is 2. The highest BCUT2D eigenvalue weighted by Crippen LogP contribution is 2.70. The van der Waals surface area contributed by atoms with Crippen molar-refractivity contribution in [3.8, 4) is 0 Å². The molecule has 5 heteroatoms. The van der Waals surface area contributed by atoms with Gasteiger partial charge in [0.2, 0.25) is 0 Å². The molecular weight excluding hydrogens is 531 g/mol. The zero-order chi connectivity index (χ0) is 30.9. The highest BCUT2D eigenvalue weighted by Gasteiger charge is 2.64. The number of carbonyl (C=O) groups excluding carboxylic acids is 2. The molecule has 1 heterocycles. The van der Waals surface area contributed by atoms with Crippen molar-refractivity contribution in [1.82, 2.24) is 4.90 Å². The fourth-order valence-electron chi connectivity index (χ4n) is 6.10. The molecule has 3 aliphatic rings. The van der Waals surface area contributed by atoms with Gasteiger partial charge < -0.3 is 4.90 Å². The van der Waals surface area contributed by atoms with Crippen LogP contribution >= 0.6 is 23.5 Å². The van der Waals surface area contributed by atoms with Crippen molar-refractivity contribution >= 4 is 35.1 Å². The van der Waals surface area contributed by atoms with Crippen LogP contribution in [0.1, 0.15) is 104 Å². The molecule has 3 rings (SSSR count). The smallest absolute Gasteiger partial charge is 0.185 e. The van der Waals surface area contributed by atoms with Gasteiger partial charge in [0.25, 0.3) is 0 Å². The summed E-state index contributed by atoms with van der Waals surface area (Å²) in [7, 11) is 0. The van der Waals surface area contributed by atoms with E-state index in [0.29, 0.717) is 0 Å². The minimum atomic E-state index is -0.521. The number of rotatable bonds is 4. The van der Waals surface area contributed by atoms with Crippen LogP contribution in [0.2, 0.25) is 0 Å². The first-order chi connectivity index (χ1) is 17.8. The van der Waals surface area contributed by atoms with Gasteiger partial charge in [-0.3, -0.25) is 9.59 Å². The van der Waals surface area contributed by atoms with E-state index in [9.17, 15) is 9.59 Å². The summed E-state index contributed by atoms with van der Waals surface area (Å²) in [5.41, 5.74) is 2.29. The summed E-state index contributed by atoms with van der Waals surface area (Å²) in [6.45, 7) is 35.6. The number of fused-ring (bicyclic) bond motifs is 1. The Bertz CT molecular complexity index is 1030. The molecule has 0 bridgehead atoms. The molecule has 0 atom stereocenters. The van der Waals surface area contributed by atoms with E-state index in [0.717, 1.165) is 41.9 Å². The molecule has 0 amide bonds. The zero-order valence-electron chi connectivity index (χ0n) is 28.0. The third kappa shape index (κ3) is 6.04. The van der Waals surface area contributed by atoms with Gasteiger partial charge in [-0.15, -0.1) is 23.5 Å². The number of ketones is 2. The molecular formula is C35H55NO2S2. The number of nitrogens with zero attached hydrogens (tertiary/aromatic N) is 1. The maximum atomic E-state index is 14.1. The van der Waals surface area contributed by atoms with E-state index in [1.165, 1.54) is 0 Å². The first-order valence-electron chi connectivity index (χ1n) is 15.0. The predicted octanol–water partition coefficient (Wildman–Crippen LogP) is 9.06. The topological polar surface area (TPSA) is 37.4 Å². The van der Waals surface area contributed by atoms with E-state index in [2.05, 4.69) is 133 Å². The Morgan fingerprint density at radius 3 is 1.02 bits per heavy atom. The van der Waals surface area contributed by atoms with E-state index >= 15 is 0 Å². The zero-order valence-corrected chi connectivity index (χ0v) is 29.6. The van der Waals surface area contributed by atoms with Gasteiger partial charge in [-0.05, 0) is 41.7 Å². The maximum absolute atomic E-state index is 14.1. The summed E-state index contributed by atoms with van der Waals surface area (Å²) in [6, 6.07) is 0. The van der Waals surface area contributed by atoms with Crippen LogP contribution in [0.4, 0.5) is 0 Å². The standard InChI is InChI=1S/C35H55NO2S2/c1-16-36(17-2)22-33(15)39-34(18-23(29(3,4)5)27(37)24(19-34)30(6,7)8)35(40-33)20-25(31(9,10)11)28(38)26(21-35)32(12,13)14/h18-21H,16-17,22H2,1-15H3. The lowest BCUT2D eigenvalue weighted by atomic mass is 9.65. The molecule has 1 aliphatic heterocycles. The fraction of sp³-hybridized carbons (Fsp3) is 0.714. The molecule has 224 valence electrons. The second kappa shape index (κ2) is 10.3. The lowest BCUT2D eigenvalue weighted by molar-refractivity contribution is -0.115. The molecule has 0 aromatic carbocycles. The van der Waals surface area contributed by atoms with Crippen molar-refractivity contribution in [1.29, 1.82) is 0 Å². The summed E-state index contributed by atoms with van der Waals surface area (Å²) in [4.78, 5) is 30.7. The van der Waals surface area contributed by atoms with Crippen LogP contribution in [0.15, 0.2) is 46.6 Å². The Kier molecular flexibility index (Phi) is 8.61. The molecule has 2 spiro atoms. The number of thioether (sulfide) groups is 2. The molecule has 0 radical (unpaired) electrons. The Morgan fingerprint density at radius 2 is 0.825 bits per heavy atom. The monoisotopic (exact) mass is 585 g/mol. The molecule has 0 aromatic rings. The van der Waals surface area contributed by atoms with Crippen LogP contribution in [0.25, 0.3) is 0 Å². The molecule has 0 N–H and O–H groups in total. The van der Waals surface area contributed by atoms with Crippen LogP contribution in [-0.4, -0.2) is 49.7 Å². The van der Waals surface area contributed by atoms with Crippen LogP contribution in [-0.2, 0) is 9.59 Å². The number of allylic oxidation sites excluding steroid dienone is 4. The van der Waals surface area contributed by atoms with Gasteiger partial charge in [-0.2, -0.15) is 0 Å². The summed E-state index contributed by atoms with van der Waals surface area (Å²) in [5, 5.41) is 0. The molecule has 0 unspecified atom stereocenters. The van der Waals surface area contributed by atoms with Gasteiger partial charge in [0, 0.05) is 28.8 Å². The average Bonchev–Trinajstić information content (AvgIpc) is 2.99. The van der Waals surface area contributed by atoms with Gasteiger partial charge in [-0.1, -0.05) is 121 Å². The second-order valence-electron chi connectivity index (χ2n) is 16.3. The van der Waals surface area contributed by atoms with Gasteiger partial charge in [-0.25, -0.2) is 0 Å². The highest BCUT2D eigenvalue weighted by molar-refractivity contribution is 8.23. The first-order valence-corrected chi connectivity index (χ1v) is 16.6. The molecule has 1 saturated heterocycles. The summed E-state index contributed by atoms with van der Waals surface area (Å²) >= 11 is 3.97. The van der Waals surface area contributed by atoms with Crippen molar-refractivity contribution in [3.05, 3.63) is 46.6 Å². The quantitative estimate of drug-likeness (QED) is 0.329. The predicted molar refractivity (Wildman–Crippen MR) is 177 cm³/mol. The minimum Gasteiger partial charge on any atom is -0.302 e. The van der Waals surface area contributed by atoms with E-state index in [1.54, 1.807) is 0 Å². The summed E-state index contributed by atoms with van der Waals surface area (Å²) in [5.74, 6) is 0.325. The van der Waals surface area contributed by atoms with Gasteiger partial charge in [0.05, 0.1) is 13.6 Å². The average molecular weight is 586 g/mol. The lowest BCUT2D eigenvalue weighted by Crippen LogP contribution is -2.48.